The van der Waals surface area contributed by atoms with Gasteiger partial charge >= 0.3 is 0 Å². The van der Waals surface area contributed by atoms with Gasteiger partial charge in [0.25, 0.3) is 0 Å². The Balaban J connectivity index is 1.34. The third kappa shape index (κ3) is 4.19. The predicted octanol–water partition coefficient (Wildman–Crippen LogP) is 4.16. The van der Waals surface area contributed by atoms with Crippen LogP contribution >= 0.6 is 11.8 Å². The van der Waals surface area contributed by atoms with Crippen LogP contribution in [0.25, 0.3) is 11.0 Å². The van der Waals surface area contributed by atoms with E-state index in [1.165, 1.54) is 0 Å². The smallest absolute Gasteiger partial charge is 0.234 e. The van der Waals surface area contributed by atoms with Crippen LogP contribution in [-0.4, -0.2) is 34.8 Å². The Morgan fingerprint density at radius 1 is 1.22 bits per heavy atom. The number of hydrogen-bond donors (Lipinski definition) is 2. The van der Waals surface area contributed by atoms with Gasteiger partial charge in [-0.3, -0.25) is 4.79 Å². The molecule has 0 saturated carbocycles. The number of benzene rings is 2. The van der Waals surface area contributed by atoms with Gasteiger partial charge in [-0.05, 0) is 31.2 Å². The van der Waals surface area contributed by atoms with Crippen LogP contribution in [0, 0.1) is 0 Å². The van der Waals surface area contributed by atoms with Crippen LogP contribution in [-0.2, 0) is 4.79 Å². The Labute approximate surface area is 161 Å². The fourth-order valence-corrected chi connectivity index (χ4v) is 3.63. The highest BCUT2D eigenvalue weighted by atomic mass is 32.2. The van der Waals surface area contributed by atoms with Gasteiger partial charge < -0.3 is 19.8 Å². The van der Waals surface area contributed by atoms with E-state index in [0.717, 1.165) is 29.0 Å². The number of nitrogens with one attached hydrogen (secondary N) is 2. The zero-order valence-electron chi connectivity index (χ0n) is 15.0. The summed E-state index contributed by atoms with van der Waals surface area (Å²) < 4.78 is 11.3. The van der Waals surface area contributed by atoms with Gasteiger partial charge in [0.15, 0.2) is 11.5 Å². The fraction of sp³-hybridized carbons (Fsp3) is 0.300. The first-order valence-corrected chi connectivity index (χ1v) is 10.00. The molecule has 0 saturated heterocycles. The number of ether oxygens (including phenoxy) is 2. The molecular weight excluding hydrogens is 362 g/mol. The molecule has 4 rings (SSSR count). The molecule has 3 aromatic rings. The summed E-state index contributed by atoms with van der Waals surface area (Å²) in [7, 11) is 0. The van der Waals surface area contributed by atoms with Gasteiger partial charge in [0, 0.05) is 18.2 Å². The number of imidazole rings is 1. The lowest BCUT2D eigenvalue weighted by molar-refractivity contribution is -0.113. The van der Waals surface area contributed by atoms with E-state index in [1.807, 2.05) is 49.4 Å². The lowest BCUT2D eigenvalue weighted by atomic mass is 10.2. The van der Waals surface area contributed by atoms with Gasteiger partial charge in [0.05, 0.1) is 35.2 Å². The molecule has 2 aromatic carbocycles. The van der Waals surface area contributed by atoms with E-state index in [2.05, 4.69) is 15.3 Å². The molecule has 1 atom stereocenters. The normalized spacial score (nSPS) is 14.6. The van der Waals surface area contributed by atoms with E-state index in [4.69, 9.17) is 9.47 Å². The largest absolute Gasteiger partial charge is 0.490 e. The van der Waals surface area contributed by atoms with Crippen molar-refractivity contribution in [2.45, 2.75) is 18.6 Å². The molecule has 0 spiro atoms. The van der Waals surface area contributed by atoms with Crippen LogP contribution in [0.3, 0.4) is 0 Å². The van der Waals surface area contributed by atoms with Crippen molar-refractivity contribution < 1.29 is 14.3 Å². The highest BCUT2D eigenvalue weighted by Crippen LogP contribution is 2.32. The first-order valence-electron chi connectivity index (χ1n) is 8.95. The van der Waals surface area contributed by atoms with Gasteiger partial charge in [-0.1, -0.05) is 12.1 Å². The molecule has 0 radical (unpaired) electrons. The number of nitrogens with zero attached hydrogens (tertiary/aromatic N) is 1. The summed E-state index contributed by atoms with van der Waals surface area (Å²) >= 11 is 1.54. The third-order valence-corrected chi connectivity index (χ3v) is 5.44. The van der Waals surface area contributed by atoms with Crippen LogP contribution in [0.15, 0.2) is 42.5 Å². The maximum Gasteiger partial charge on any atom is 0.234 e. The number of anilines is 1. The van der Waals surface area contributed by atoms with Crippen molar-refractivity contribution in [3.05, 3.63) is 48.3 Å². The number of thioether (sulfide) groups is 1. The topological polar surface area (TPSA) is 76.2 Å². The summed E-state index contributed by atoms with van der Waals surface area (Å²) in [6.07, 6.45) is 0.854. The molecule has 0 bridgehead atoms. The molecule has 140 valence electrons. The third-order valence-electron chi connectivity index (χ3n) is 4.29. The van der Waals surface area contributed by atoms with Crippen LogP contribution in [0.2, 0.25) is 0 Å². The van der Waals surface area contributed by atoms with E-state index >= 15 is 0 Å². The van der Waals surface area contributed by atoms with Crippen molar-refractivity contribution in [2.24, 2.45) is 0 Å². The Morgan fingerprint density at radius 3 is 2.89 bits per heavy atom. The molecule has 6 nitrogen and oxygen atoms in total. The highest BCUT2D eigenvalue weighted by molar-refractivity contribution is 8.00. The van der Waals surface area contributed by atoms with Crippen molar-refractivity contribution in [1.82, 2.24) is 9.97 Å². The number of carbonyl (C=O) groups excluding carboxylic acids is 1. The lowest BCUT2D eigenvalue weighted by Crippen LogP contribution is -2.15. The first kappa shape index (κ1) is 17.7. The minimum absolute atomic E-state index is 0.0579. The molecule has 0 unspecified atom stereocenters. The van der Waals surface area contributed by atoms with Crippen LogP contribution in [0.1, 0.15) is 24.4 Å². The van der Waals surface area contributed by atoms with Gasteiger partial charge in [-0.15, -0.1) is 11.8 Å². The van der Waals surface area contributed by atoms with Crippen LogP contribution in [0.4, 0.5) is 5.69 Å². The zero-order valence-corrected chi connectivity index (χ0v) is 15.8. The number of rotatable bonds is 5. The minimum atomic E-state index is -0.0579. The zero-order chi connectivity index (χ0) is 18.6. The molecule has 0 fully saturated rings. The van der Waals surface area contributed by atoms with Crippen molar-refractivity contribution >= 4 is 34.4 Å². The Bertz CT molecular complexity index is 924. The first-order chi connectivity index (χ1) is 13.2. The number of hydrogen-bond acceptors (Lipinski definition) is 5. The summed E-state index contributed by atoms with van der Waals surface area (Å²) in [6, 6.07) is 13.4. The Kier molecular flexibility index (Phi) is 5.20. The summed E-state index contributed by atoms with van der Waals surface area (Å²) in [5.41, 5.74) is 2.66. The second-order valence-corrected chi connectivity index (χ2v) is 7.68. The number of aromatic amines is 1. The lowest BCUT2D eigenvalue weighted by Gasteiger charge is -2.11. The number of fused-ring (bicyclic) bond motifs is 2. The molecule has 1 aliphatic heterocycles. The second-order valence-electron chi connectivity index (χ2n) is 6.35. The van der Waals surface area contributed by atoms with E-state index < -0.39 is 0 Å². The molecule has 1 aromatic heterocycles. The van der Waals surface area contributed by atoms with Gasteiger partial charge in [0.2, 0.25) is 5.91 Å². The SMILES string of the molecule is C[C@H](SCC(=O)Nc1ccc2c(c1)OCCCO2)c1nc2ccccc2[nH]1. The van der Waals surface area contributed by atoms with Gasteiger partial charge in [0.1, 0.15) is 5.82 Å². The maximum absolute atomic E-state index is 12.3. The molecule has 7 heteroatoms. The Hall–Kier alpha value is -2.67. The standard InChI is InChI=1S/C20H21N3O3S/c1-13(20-22-15-5-2-3-6-16(15)23-20)27-12-19(24)21-14-7-8-17-18(11-14)26-10-4-9-25-17/h2-3,5-8,11,13H,4,9-10,12H2,1H3,(H,21,24)(H,22,23)/t13-/m0/s1. The number of amides is 1. The van der Waals surface area contributed by atoms with E-state index in [-0.39, 0.29) is 11.2 Å². The van der Waals surface area contributed by atoms with E-state index in [0.29, 0.717) is 30.4 Å². The summed E-state index contributed by atoms with van der Waals surface area (Å²) in [5.74, 6) is 2.56. The number of carbonyl (C=O) groups is 1. The van der Waals surface area contributed by atoms with Gasteiger partial charge in [-0.2, -0.15) is 0 Å². The second kappa shape index (κ2) is 7.92. The van der Waals surface area contributed by atoms with Crippen molar-refractivity contribution in [3.8, 4) is 11.5 Å². The fourth-order valence-electron chi connectivity index (χ4n) is 2.88. The number of H-pyrrole nitrogens is 1. The van der Waals surface area contributed by atoms with E-state index in [1.54, 1.807) is 11.8 Å². The molecule has 2 heterocycles. The molecule has 1 aliphatic rings. The van der Waals surface area contributed by atoms with Crippen molar-refractivity contribution in [1.29, 1.82) is 0 Å². The van der Waals surface area contributed by atoms with Crippen molar-refractivity contribution in [2.75, 3.05) is 24.3 Å². The predicted molar refractivity (Wildman–Crippen MR) is 108 cm³/mol. The summed E-state index contributed by atoms with van der Waals surface area (Å²) in [5, 5.41) is 3.01. The van der Waals surface area contributed by atoms with Crippen molar-refractivity contribution in [3.63, 3.8) is 0 Å². The average Bonchev–Trinajstić information content (AvgIpc) is 2.98. The highest BCUT2D eigenvalue weighted by Gasteiger charge is 2.15. The summed E-state index contributed by atoms with van der Waals surface area (Å²) in [4.78, 5) is 20.2. The van der Waals surface area contributed by atoms with E-state index in [9.17, 15) is 4.79 Å². The van der Waals surface area contributed by atoms with Gasteiger partial charge in [-0.25, -0.2) is 4.98 Å². The van der Waals surface area contributed by atoms with Crippen LogP contribution in [0.5, 0.6) is 11.5 Å². The number of para-hydroxylation sites is 2. The molecule has 0 aliphatic carbocycles. The summed E-state index contributed by atoms with van der Waals surface area (Å²) in [6.45, 7) is 3.31. The minimum Gasteiger partial charge on any atom is -0.490 e. The quantitative estimate of drug-likeness (QED) is 0.692. The molecule has 27 heavy (non-hydrogen) atoms. The Morgan fingerprint density at radius 2 is 2.04 bits per heavy atom. The molecule has 2 N–H and O–H groups in total. The van der Waals surface area contributed by atoms with Crippen LogP contribution < -0.4 is 14.8 Å². The number of aromatic nitrogens is 2. The average molecular weight is 383 g/mol. The monoisotopic (exact) mass is 383 g/mol. The maximum atomic E-state index is 12.3. The molecule has 1 amide bonds. The molecular formula is C20H21N3O3S.